The first kappa shape index (κ1) is 19.7. The maximum absolute atomic E-state index is 12.9. The zero-order valence-electron chi connectivity index (χ0n) is 16.2. The topological polar surface area (TPSA) is 72.5 Å². The highest BCUT2D eigenvalue weighted by atomic mass is 35.5. The van der Waals surface area contributed by atoms with Crippen LogP contribution in [0.1, 0.15) is 16.2 Å². The average molecular weight is 415 g/mol. The Morgan fingerprint density at radius 3 is 2.76 bits per heavy atom. The number of hydrogen-bond donors (Lipinski definition) is 1. The van der Waals surface area contributed by atoms with Crippen LogP contribution in [0, 0.1) is 6.92 Å². The third-order valence-corrected chi connectivity index (χ3v) is 5.04. The molecule has 1 amide bonds. The number of furan rings is 1. The fourth-order valence-electron chi connectivity index (χ4n) is 3.28. The molecule has 29 heavy (non-hydrogen) atoms. The molecular formula is C21H23ClN4O3. The number of aromatic nitrogens is 2. The molecule has 2 aromatic heterocycles. The minimum absolute atomic E-state index is 0.194. The van der Waals surface area contributed by atoms with E-state index in [2.05, 4.69) is 15.3 Å². The number of aryl methyl sites for hydroxylation is 1. The predicted octanol–water partition coefficient (Wildman–Crippen LogP) is 3.16. The van der Waals surface area contributed by atoms with Gasteiger partial charge in [0.05, 0.1) is 18.9 Å². The molecule has 152 valence electrons. The number of nitrogens with one attached hydrogen (secondary N) is 1. The molecule has 7 nitrogen and oxygen atoms in total. The predicted molar refractivity (Wildman–Crippen MR) is 111 cm³/mol. The van der Waals surface area contributed by atoms with Crippen molar-refractivity contribution < 1.29 is 13.9 Å². The van der Waals surface area contributed by atoms with Crippen LogP contribution in [-0.4, -0.2) is 60.0 Å². The summed E-state index contributed by atoms with van der Waals surface area (Å²) in [4.78, 5) is 15.2. The van der Waals surface area contributed by atoms with E-state index in [9.17, 15) is 4.79 Å². The average Bonchev–Trinajstić information content (AvgIpc) is 3.35. The van der Waals surface area contributed by atoms with Gasteiger partial charge in [0.1, 0.15) is 17.1 Å². The number of carbonyl (C=O) groups excluding carboxylic acids is 1. The Morgan fingerprint density at radius 1 is 1.21 bits per heavy atom. The summed E-state index contributed by atoms with van der Waals surface area (Å²) in [6.07, 6.45) is 0. The summed E-state index contributed by atoms with van der Waals surface area (Å²) in [5.74, 6) is 1.21. The summed E-state index contributed by atoms with van der Waals surface area (Å²) in [7, 11) is 0. The molecule has 0 saturated carbocycles. The van der Waals surface area contributed by atoms with Crippen molar-refractivity contribution in [2.24, 2.45) is 0 Å². The Labute approximate surface area is 174 Å². The largest absolute Gasteiger partial charge is 0.460 e. The van der Waals surface area contributed by atoms with Crippen LogP contribution in [0.4, 0.5) is 0 Å². The van der Waals surface area contributed by atoms with Gasteiger partial charge in [-0.1, -0.05) is 17.7 Å². The molecule has 0 radical (unpaired) electrons. The molecule has 1 saturated heterocycles. The lowest BCUT2D eigenvalue weighted by atomic mass is 10.2. The second kappa shape index (κ2) is 8.82. The van der Waals surface area contributed by atoms with Gasteiger partial charge in [-0.25, -0.2) is 4.68 Å². The molecule has 1 aliphatic heterocycles. The van der Waals surface area contributed by atoms with Gasteiger partial charge in [-0.15, -0.1) is 0 Å². The quantitative estimate of drug-likeness (QED) is 0.670. The number of ether oxygens (including phenoxy) is 1. The molecule has 0 bridgehead atoms. The number of amides is 1. The lowest BCUT2D eigenvalue weighted by Crippen LogP contribution is -2.41. The molecule has 1 aliphatic rings. The van der Waals surface area contributed by atoms with Gasteiger partial charge >= 0.3 is 0 Å². The number of morpholine rings is 1. The van der Waals surface area contributed by atoms with Crippen LogP contribution >= 0.6 is 11.6 Å². The van der Waals surface area contributed by atoms with Crippen LogP contribution in [0.15, 0.2) is 46.9 Å². The van der Waals surface area contributed by atoms with Crippen molar-refractivity contribution in [1.82, 2.24) is 20.0 Å². The summed E-state index contributed by atoms with van der Waals surface area (Å²) in [6.45, 7) is 6.45. The number of carbonyl (C=O) groups is 1. The monoisotopic (exact) mass is 414 g/mol. The maximum atomic E-state index is 12.9. The van der Waals surface area contributed by atoms with Crippen molar-refractivity contribution in [3.63, 3.8) is 0 Å². The highest BCUT2D eigenvalue weighted by Gasteiger charge is 2.19. The van der Waals surface area contributed by atoms with Crippen molar-refractivity contribution in [2.75, 3.05) is 39.4 Å². The zero-order valence-corrected chi connectivity index (χ0v) is 17.0. The Balaban J connectivity index is 1.56. The van der Waals surface area contributed by atoms with Crippen LogP contribution in [0.3, 0.4) is 0 Å². The summed E-state index contributed by atoms with van der Waals surface area (Å²) in [5.41, 5.74) is 1.74. The van der Waals surface area contributed by atoms with Crippen molar-refractivity contribution in [1.29, 1.82) is 0 Å². The molecule has 1 N–H and O–H groups in total. The van der Waals surface area contributed by atoms with Gasteiger partial charge in [-0.3, -0.25) is 9.69 Å². The normalized spacial score (nSPS) is 14.8. The molecule has 8 heteroatoms. The lowest BCUT2D eigenvalue weighted by Gasteiger charge is -2.26. The fraction of sp³-hybridized carbons (Fsp3) is 0.333. The van der Waals surface area contributed by atoms with Crippen LogP contribution in [0.5, 0.6) is 0 Å². The number of benzene rings is 1. The SMILES string of the molecule is Cc1ccc(-c2cc(C(=O)NCCN3CCOCC3)n(-c3cccc(Cl)c3)n2)o1. The third kappa shape index (κ3) is 4.70. The van der Waals surface area contributed by atoms with Crippen molar-refractivity contribution >= 4 is 17.5 Å². The third-order valence-electron chi connectivity index (χ3n) is 4.80. The van der Waals surface area contributed by atoms with E-state index in [0.717, 1.165) is 38.6 Å². The molecule has 1 aromatic carbocycles. The van der Waals surface area contributed by atoms with Gasteiger partial charge in [0.2, 0.25) is 0 Å². The van der Waals surface area contributed by atoms with Gasteiger partial charge in [0.15, 0.2) is 5.76 Å². The Bertz CT molecular complexity index is 991. The first-order valence-corrected chi connectivity index (χ1v) is 9.99. The number of halogens is 1. The van der Waals surface area contributed by atoms with E-state index in [1.54, 1.807) is 22.9 Å². The summed E-state index contributed by atoms with van der Waals surface area (Å²) in [5, 5.41) is 8.17. The van der Waals surface area contributed by atoms with E-state index in [0.29, 0.717) is 34.4 Å². The van der Waals surface area contributed by atoms with Crippen molar-refractivity contribution in [2.45, 2.75) is 6.92 Å². The summed E-state index contributed by atoms with van der Waals surface area (Å²) in [6, 6.07) is 12.7. The van der Waals surface area contributed by atoms with E-state index in [1.807, 2.05) is 31.2 Å². The van der Waals surface area contributed by atoms with Crippen molar-refractivity contribution in [3.8, 4) is 17.1 Å². The van der Waals surface area contributed by atoms with Gasteiger partial charge in [-0.2, -0.15) is 5.10 Å². The fourth-order valence-corrected chi connectivity index (χ4v) is 3.47. The summed E-state index contributed by atoms with van der Waals surface area (Å²) < 4.78 is 12.6. The Kier molecular flexibility index (Phi) is 5.99. The van der Waals surface area contributed by atoms with Gasteiger partial charge in [-0.05, 0) is 37.3 Å². The number of rotatable bonds is 6. The second-order valence-electron chi connectivity index (χ2n) is 6.93. The Hall–Kier alpha value is -2.61. The Morgan fingerprint density at radius 2 is 2.03 bits per heavy atom. The van der Waals surface area contributed by atoms with Crippen LogP contribution in [0.25, 0.3) is 17.1 Å². The highest BCUT2D eigenvalue weighted by Crippen LogP contribution is 2.24. The van der Waals surface area contributed by atoms with E-state index >= 15 is 0 Å². The highest BCUT2D eigenvalue weighted by molar-refractivity contribution is 6.30. The lowest BCUT2D eigenvalue weighted by molar-refractivity contribution is 0.0383. The van der Waals surface area contributed by atoms with Crippen LogP contribution in [-0.2, 0) is 4.74 Å². The molecule has 4 rings (SSSR count). The second-order valence-corrected chi connectivity index (χ2v) is 7.36. The molecule has 3 aromatic rings. The minimum atomic E-state index is -0.194. The number of hydrogen-bond acceptors (Lipinski definition) is 5. The van der Waals surface area contributed by atoms with E-state index in [-0.39, 0.29) is 5.91 Å². The van der Waals surface area contributed by atoms with Crippen molar-refractivity contribution in [3.05, 3.63) is 58.9 Å². The van der Waals surface area contributed by atoms with Gasteiger partial charge < -0.3 is 14.5 Å². The van der Waals surface area contributed by atoms with Crippen LogP contribution < -0.4 is 5.32 Å². The van der Waals surface area contributed by atoms with E-state index < -0.39 is 0 Å². The molecule has 1 fully saturated rings. The number of nitrogens with zero attached hydrogens (tertiary/aromatic N) is 3. The van der Waals surface area contributed by atoms with E-state index in [1.165, 1.54) is 0 Å². The first-order valence-electron chi connectivity index (χ1n) is 9.61. The van der Waals surface area contributed by atoms with Gasteiger partial charge in [0, 0.05) is 37.3 Å². The smallest absolute Gasteiger partial charge is 0.270 e. The standard InChI is InChI=1S/C21H23ClN4O3/c1-15-5-6-20(29-15)18-14-19(26(24-18)17-4-2-3-16(22)13-17)21(27)23-7-8-25-9-11-28-12-10-25/h2-6,13-14H,7-12H2,1H3,(H,23,27). The zero-order chi connectivity index (χ0) is 20.2. The van der Waals surface area contributed by atoms with E-state index in [4.69, 9.17) is 20.8 Å². The molecule has 3 heterocycles. The van der Waals surface area contributed by atoms with Crippen LogP contribution in [0.2, 0.25) is 5.02 Å². The minimum Gasteiger partial charge on any atom is -0.460 e. The molecule has 0 spiro atoms. The maximum Gasteiger partial charge on any atom is 0.270 e. The molecule has 0 atom stereocenters. The first-order chi connectivity index (χ1) is 14.1. The molecule has 0 unspecified atom stereocenters. The summed E-state index contributed by atoms with van der Waals surface area (Å²) >= 11 is 6.15. The molecular weight excluding hydrogens is 392 g/mol. The van der Waals surface area contributed by atoms with Gasteiger partial charge in [0.25, 0.3) is 5.91 Å². The molecule has 0 aliphatic carbocycles.